The minimum Gasteiger partial charge on any atom is -0.494 e. The number of hydrogen-bond acceptors (Lipinski definition) is 10. The number of carbonyl (C=O) groups is 4. The van der Waals surface area contributed by atoms with Crippen LogP contribution in [0.1, 0.15) is 93.7 Å². The minimum absolute atomic E-state index is 0.142. The van der Waals surface area contributed by atoms with Gasteiger partial charge in [-0.25, -0.2) is 4.79 Å². The van der Waals surface area contributed by atoms with Gasteiger partial charge in [-0.3, -0.25) is 24.6 Å². The summed E-state index contributed by atoms with van der Waals surface area (Å²) in [6, 6.07) is 13.0. The summed E-state index contributed by atoms with van der Waals surface area (Å²) in [6.45, 7) is 15.6. The van der Waals surface area contributed by atoms with Gasteiger partial charge < -0.3 is 34.1 Å². The molecule has 0 aromatic heterocycles. The lowest BCUT2D eigenvalue weighted by atomic mass is 10.0. The number of ether oxygens (including phenoxy) is 4. The van der Waals surface area contributed by atoms with Gasteiger partial charge in [-0.15, -0.1) is 0 Å². The number of unbranched alkanes of at least 4 members (excludes halogenated alkanes) is 3. The topological polar surface area (TPSA) is 139 Å². The largest absolute Gasteiger partial charge is 0.494 e. The summed E-state index contributed by atoms with van der Waals surface area (Å²) in [4.78, 5) is 55.4. The second-order valence-corrected chi connectivity index (χ2v) is 15.0. The second-order valence-electron chi connectivity index (χ2n) is 15.0. The van der Waals surface area contributed by atoms with E-state index in [1.165, 1.54) is 0 Å². The van der Waals surface area contributed by atoms with Crippen LogP contribution in [0.4, 0.5) is 10.5 Å². The maximum atomic E-state index is 13.0. The van der Waals surface area contributed by atoms with Gasteiger partial charge in [0, 0.05) is 63.5 Å². The Labute approximate surface area is 313 Å². The zero-order valence-corrected chi connectivity index (χ0v) is 31.8. The molecule has 2 aromatic rings. The Balaban J connectivity index is 0.855. The molecule has 53 heavy (non-hydrogen) atoms. The van der Waals surface area contributed by atoms with Crippen LogP contribution in [0.2, 0.25) is 0 Å². The Bertz CT molecular complexity index is 1550. The number of alkyl carbamates (subject to hydrolysis) is 1. The SMILES string of the molecule is C[C@@H](NC(=O)OC(C)(C)C)c1cccc(OCCCCCCOCCOCCN2CCN(c3ccc4c(c3)CN(C3CCC(=O)NC3=O)C4=O)CC2)c1. The number of hydrogen-bond donors (Lipinski definition) is 2. The molecule has 0 aliphatic carbocycles. The molecule has 1 unspecified atom stereocenters. The fourth-order valence-electron chi connectivity index (χ4n) is 6.79. The van der Waals surface area contributed by atoms with Crippen LogP contribution in [0, 0.1) is 0 Å². The molecule has 2 atom stereocenters. The van der Waals surface area contributed by atoms with Crippen LogP contribution in [-0.2, 0) is 30.3 Å². The Morgan fingerprint density at radius 3 is 2.38 bits per heavy atom. The molecule has 2 fully saturated rings. The van der Waals surface area contributed by atoms with Crippen molar-refractivity contribution in [3.63, 3.8) is 0 Å². The number of benzene rings is 2. The highest BCUT2D eigenvalue weighted by Gasteiger charge is 2.39. The third kappa shape index (κ3) is 12.2. The number of carbonyl (C=O) groups excluding carboxylic acids is 4. The fourth-order valence-corrected chi connectivity index (χ4v) is 6.79. The summed E-state index contributed by atoms with van der Waals surface area (Å²) in [7, 11) is 0. The summed E-state index contributed by atoms with van der Waals surface area (Å²) >= 11 is 0. The molecule has 0 spiro atoms. The first-order valence-electron chi connectivity index (χ1n) is 19.1. The van der Waals surface area contributed by atoms with E-state index in [9.17, 15) is 19.2 Å². The summed E-state index contributed by atoms with van der Waals surface area (Å²) < 4.78 is 22.9. The van der Waals surface area contributed by atoms with Crippen molar-refractivity contribution in [2.75, 3.05) is 70.7 Å². The molecule has 2 N–H and O–H groups in total. The summed E-state index contributed by atoms with van der Waals surface area (Å²) in [5.41, 5.74) is 3.09. The van der Waals surface area contributed by atoms with Crippen LogP contribution in [-0.4, -0.2) is 111 Å². The molecule has 0 radical (unpaired) electrons. The van der Waals surface area contributed by atoms with Gasteiger partial charge in [0.15, 0.2) is 0 Å². The molecule has 3 heterocycles. The van der Waals surface area contributed by atoms with Gasteiger partial charge in [0.1, 0.15) is 17.4 Å². The van der Waals surface area contributed by atoms with Crippen molar-refractivity contribution >= 4 is 29.5 Å². The van der Waals surface area contributed by atoms with Gasteiger partial charge >= 0.3 is 6.09 Å². The third-order valence-electron chi connectivity index (χ3n) is 9.71. The highest BCUT2D eigenvalue weighted by molar-refractivity contribution is 6.05. The van der Waals surface area contributed by atoms with Crippen LogP contribution < -0.4 is 20.3 Å². The molecule has 13 heteroatoms. The number of fused-ring (bicyclic) bond motifs is 1. The standard InChI is InChI=1S/C40H57N5O8/c1-29(41-39(49)53-40(2,3)4)30-10-9-11-33(27-30)52-22-8-6-5-7-21-50-24-25-51-23-20-43-16-18-44(19-17-43)32-12-13-34-31(26-32)28-45(38(34)48)35-14-15-36(46)42-37(35)47/h9-13,26-27,29,35H,5-8,14-25,28H2,1-4H3,(H,41,49)(H,42,46,47)/t29-,35?/m1/s1. The quantitative estimate of drug-likeness (QED) is 0.162. The van der Waals surface area contributed by atoms with Crippen LogP contribution in [0.3, 0.4) is 0 Å². The van der Waals surface area contributed by atoms with Crippen LogP contribution in [0.15, 0.2) is 42.5 Å². The number of rotatable bonds is 18. The summed E-state index contributed by atoms with van der Waals surface area (Å²) in [5, 5.41) is 5.23. The Morgan fingerprint density at radius 1 is 0.906 bits per heavy atom. The second kappa shape index (κ2) is 19.2. The number of imide groups is 1. The van der Waals surface area contributed by atoms with E-state index in [1.807, 2.05) is 64.1 Å². The summed E-state index contributed by atoms with van der Waals surface area (Å²) in [6.07, 6.45) is 4.30. The minimum atomic E-state index is -0.596. The number of piperazine rings is 1. The third-order valence-corrected chi connectivity index (χ3v) is 9.71. The van der Waals surface area contributed by atoms with Crippen molar-refractivity contribution in [1.29, 1.82) is 0 Å². The van der Waals surface area contributed by atoms with Crippen molar-refractivity contribution in [2.24, 2.45) is 0 Å². The average Bonchev–Trinajstić information content (AvgIpc) is 3.44. The smallest absolute Gasteiger partial charge is 0.408 e. The first-order valence-corrected chi connectivity index (χ1v) is 19.1. The lowest BCUT2D eigenvalue weighted by Gasteiger charge is -2.36. The molecule has 2 aromatic carbocycles. The first kappa shape index (κ1) is 40.0. The van der Waals surface area contributed by atoms with E-state index >= 15 is 0 Å². The maximum absolute atomic E-state index is 13.0. The van der Waals surface area contributed by atoms with Gasteiger partial charge in [0.05, 0.1) is 32.5 Å². The van der Waals surface area contributed by atoms with E-state index in [0.717, 1.165) is 87.6 Å². The van der Waals surface area contributed by atoms with Crippen molar-refractivity contribution in [2.45, 2.75) is 90.4 Å². The molecular formula is C40H57N5O8. The van der Waals surface area contributed by atoms with E-state index in [4.69, 9.17) is 18.9 Å². The van der Waals surface area contributed by atoms with Gasteiger partial charge in [-0.2, -0.15) is 0 Å². The molecule has 13 nitrogen and oxygen atoms in total. The van der Waals surface area contributed by atoms with E-state index in [-0.39, 0.29) is 30.2 Å². The maximum Gasteiger partial charge on any atom is 0.408 e. The first-order chi connectivity index (χ1) is 25.5. The van der Waals surface area contributed by atoms with E-state index in [0.29, 0.717) is 45.0 Å². The molecule has 290 valence electrons. The van der Waals surface area contributed by atoms with E-state index < -0.39 is 17.7 Å². The number of anilines is 1. The Kier molecular flexibility index (Phi) is 14.5. The summed E-state index contributed by atoms with van der Waals surface area (Å²) in [5.74, 6) is -0.0123. The molecule has 5 rings (SSSR count). The number of nitrogens with one attached hydrogen (secondary N) is 2. The van der Waals surface area contributed by atoms with Crippen molar-refractivity contribution in [1.82, 2.24) is 20.4 Å². The Morgan fingerprint density at radius 2 is 1.64 bits per heavy atom. The number of amides is 4. The predicted molar refractivity (Wildman–Crippen MR) is 201 cm³/mol. The van der Waals surface area contributed by atoms with Crippen LogP contribution in [0.25, 0.3) is 0 Å². The monoisotopic (exact) mass is 735 g/mol. The van der Waals surface area contributed by atoms with Gasteiger partial charge in [0.2, 0.25) is 11.8 Å². The zero-order valence-electron chi connectivity index (χ0n) is 31.8. The van der Waals surface area contributed by atoms with Crippen molar-refractivity contribution in [3.8, 4) is 5.75 Å². The normalized spacial score (nSPS) is 18.5. The van der Waals surface area contributed by atoms with Crippen molar-refractivity contribution < 1.29 is 38.1 Å². The fraction of sp³-hybridized carbons (Fsp3) is 0.600. The molecule has 0 bridgehead atoms. The highest BCUT2D eigenvalue weighted by atomic mass is 16.6. The zero-order chi connectivity index (χ0) is 37.8. The van der Waals surface area contributed by atoms with E-state index in [1.54, 1.807) is 4.90 Å². The molecular weight excluding hydrogens is 678 g/mol. The van der Waals surface area contributed by atoms with Crippen LogP contribution in [0.5, 0.6) is 5.75 Å². The predicted octanol–water partition coefficient (Wildman–Crippen LogP) is 4.83. The number of nitrogens with zero attached hydrogens (tertiary/aromatic N) is 3. The number of piperidine rings is 1. The Hall–Kier alpha value is -4.20. The lowest BCUT2D eigenvalue weighted by Crippen LogP contribution is -2.52. The van der Waals surface area contributed by atoms with Gasteiger partial charge in [0.25, 0.3) is 5.91 Å². The van der Waals surface area contributed by atoms with Crippen LogP contribution >= 0.6 is 0 Å². The van der Waals surface area contributed by atoms with E-state index in [2.05, 4.69) is 26.5 Å². The molecule has 2 saturated heterocycles. The molecule has 3 aliphatic rings. The van der Waals surface area contributed by atoms with Gasteiger partial charge in [-0.1, -0.05) is 18.6 Å². The van der Waals surface area contributed by atoms with Crippen molar-refractivity contribution in [3.05, 3.63) is 59.2 Å². The molecule has 4 amide bonds. The highest BCUT2D eigenvalue weighted by Crippen LogP contribution is 2.31. The average molecular weight is 736 g/mol. The molecule has 3 aliphatic heterocycles. The molecule has 0 saturated carbocycles. The van der Waals surface area contributed by atoms with Gasteiger partial charge in [-0.05, 0) is 94.8 Å². The lowest BCUT2D eigenvalue weighted by molar-refractivity contribution is -0.136.